The molecule has 0 unspecified atom stereocenters. The highest BCUT2D eigenvalue weighted by Gasteiger charge is 2.26. The predicted octanol–water partition coefficient (Wildman–Crippen LogP) is 3.79. The lowest BCUT2D eigenvalue weighted by molar-refractivity contribution is -0.142. The van der Waals surface area contributed by atoms with Gasteiger partial charge < -0.3 is 14.4 Å². The van der Waals surface area contributed by atoms with E-state index >= 15 is 0 Å². The molecule has 1 aliphatic rings. The number of fused-ring (bicyclic) bond motifs is 1. The lowest BCUT2D eigenvalue weighted by Crippen LogP contribution is -2.38. The van der Waals surface area contributed by atoms with Crippen LogP contribution in [0.25, 0.3) is 0 Å². The van der Waals surface area contributed by atoms with E-state index in [-0.39, 0.29) is 30.5 Å². The van der Waals surface area contributed by atoms with Gasteiger partial charge in [-0.1, -0.05) is 39.0 Å². The van der Waals surface area contributed by atoms with Crippen molar-refractivity contribution in [2.75, 3.05) is 11.5 Å². The molecular weight excluding hydrogens is 370 g/mol. The number of rotatable bonds is 5. The maximum atomic E-state index is 12.6. The number of ether oxygens (including phenoxy) is 2. The van der Waals surface area contributed by atoms with E-state index in [9.17, 15) is 14.4 Å². The van der Waals surface area contributed by atoms with Crippen molar-refractivity contribution in [2.24, 2.45) is 0 Å². The Morgan fingerprint density at radius 3 is 2.55 bits per heavy atom. The highest BCUT2D eigenvalue weighted by atomic mass is 16.5. The van der Waals surface area contributed by atoms with Crippen LogP contribution in [0, 0.1) is 0 Å². The standard InChI is InChI=1S/C23H25NO5/c1-15(26)28-13-18-7-17(8-19(9-18)23(2,3)4)11-24-20-10-16(12-25)5-6-21(20)29-14-22(24)27/h5-10,12H,11,13-14H2,1-4H3. The molecule has 0 N–H and O–H groups in total. The topological polar surface area (TPSA) is 72.9 Å². The lowest BCUT2D eigenvalue weighted by Gasteiger charge is -2.30. The monoisotopic (exact) mass is 395 g/mol. The van der Waals surface area contributed by atoms with E-state index in [4.69, 9.17) is 9.47 Å². The van der Waals surface area contributed by atoms with Gasteiger partial charge in [-0.2, -0.15) is 0 Å². The minimum absolute atomic E-state index is 0.0489. The fourth-order valence-corrected chi connectivity index (χ4v) is 3.20. The molecule has 1 heterocycles. The first-order valence-corrected chi connectivity index (χ1v) is 9.46. The van der Waals surface area contributed by atoms with Crippen molar-refractivity contribution < 1.29 is 23.9 Å². The van der Waals surface area contributed by atoms with Crippen LogP contribution in [0.3, 0.4) is 0 Å². The summed E-state index contributed by atoms with van der Waals surface area (Å²) in [6.07, 6.45) is 0.745. The Bertz CT molecular complexity index is 958. The molecule has 0 saturated carbocycles. The van der Waals surface area contributed by atoms with Crippen LogP contribution in [0.5, 0.6) is 5.75 Å². The second-order valence-corrected chi connectivity index (χ2v) is 8.18. The van der Waals surface area contributed by atoms with Gasteiger partial charge in [-0.3, -0.25) is 14.4 Å². The van der Waals surface area contributed by atoms with Crippen molar-refractivity contribution in [3.05, 3.63) is 58.7 Å². The number of aldehydes is 1. The zero-order valence-corrected chi connectivity index (χ0v) is 17.2. The molecule has 6 heteroatoms. The van der Waals surface area contributed by atoms with Gasteiger partial charge in [0.25, 0.3) is 5.91 Å². The molecule has 0 aromatic heterocycles. The quantitative estimate of drug-likeness (QED) is 0.569. The van der Waals surface area contributed by atoms with Crippen LogP contribution in [0.4, 0.5) is 5.69 Å². The van der Waals surface area contributed by atoms with Crippen LogP contribution in [-0.2, 0) is 32.9 Å². The molecule has 3 rings (SSSR count). The van der Waals surface area contributed by atoms with E-state index in [0.717, 1.165) is 23.0 Å². The summed E-state index contributed by atoms with van der Waals surface area (Å²) >= 11 is 0. The van der Waals surface area contributed by atoms with Crippen LogP contribution >= 0.6 is 0 Å². The number of hydrogen-bond acceptors (Lipinski definition) is 5. The third kappa shape index (κ3) is 4.83. The summed E-state index contributed by atoms with van der Waals surface area (Å²) in [7, 11) is 0. The fourth-order valence-electron chi connectivity index (χ4n) is 3.20. The Morgan fingerprint density at radius 1 is 1.17 bits per heavy atom. The largest absolute Gasteiger partial charge is 0.482 e. The minimum Gasteiger partial charge on any atom is -0.482 e. The van der Waals surface area contributed by atoms with Crippen molar-refractivity contribution in [3.8, 4) is 5.75 Å². The number of benzene rings is 2. The van der Waals surface area contributed by atoms with Crippen molar-refractivity contribution >= 4 is 23.9 Å². The predicted molar refractivity (Wildman–Crippen MR) is 109 cm³/mol. The van der Waals surface area contributed by atoms with Gasteiger partial charge in [-0.05, 0) is 40.3 Å². The minimum atomic E-state index is -0.341. The van der Waals surface area contributed by atoms with Crippen molar-refractivity contribution in [2.45, 2.75) is 46.3 Å². The maximum Gasteiger partial charge on any atom is 0.302 e. The second kappa shape index (κ2) is 8.07. The number of nitrogens with zero attached hydrogens (tertiary/aromatic N) is 1. The second-order valence-electron chi connectivity index (χ2n) is 8.18. The molecule has 1 aliphatic heterocycles. The molecule has 0 aliphatic carbocycles. The normalized spacial score (nSPS) is 13.5. The lowest BCUT2D eigenvalue weighted by atomic mass is 9.85. The van der Waals surface area contributed by atoms with Crippen molar-refractivity contribution in [1.29, 1.82) is 0 Å². The summed E-state index contributed by atoms with van der Waals surface area (Å²) in [6, 6.07) is 11.0. The number of amides is 1. The van der Waals surface area contributed by atoms with Gasteiger partial charge in [-0.15, -0.1) is 0 Å². The molecule has 1 amide bonds. The van der Waals surface area contributed by atoms with Crippen LogP contribution in [0.15, 0.2) is 36.4 Å². The molecule has 152 valence electrons. The maximum absolute atomic E-state index is 12.6. The Balaban J connectivity index is 1.98. The Kier molecular flexibility index (Phi) is 5.73. The average molecular weight is 395 g/mol. The summed E-state index contributed by atoms with van der Waals surface area (Å²) in [5.41, 5.74) is 3.81. The molecular formula is C23H25NO5. The van der Waals surface area contributed by atoms with E-state index in [0.29, 0.717) is 23.5 Å². The van der Waals surface area contributed by atoms with Gasteiger partial charge in [0.15, 0.2) is 6.61 Å². The number of hydrogen-bond donors (Lipinski definition) is 0. The Hall–Kier alpha value is -3.15. The third-order valence-corrected chi connectivity index (χ3v) is 4.76. The Labute approximate surface area is 170 Å². The first-order valence-electron chi connectivity index (χ1n) is 9.46. The molecule has 2 aromatic carbocycles. The highest BCUT2D eigenvalue weighted by molar-refractivity contribution is 5.98. The summed E-state index contributed by atoms with van der Waals surface area (Å²) < 4.78 is 10.7. The third-order valence-electron chi connectivity index (χ3n) is 4.76. The van der Waals surface area contributed by atoms with E-state index < -0.39 is 0 Å². The fraction of sp³-hybridized carbons (Fsp3) is 0.348. The van der Waals surface area contributed by atoms with Gasteiger partial charge in [0.2, 0.25) is 0 Å². The first kappa shape index (κ1) is 20.6. The number of esters is 1. The SMILES string of the molecule is CC(=O)OCc1cc(CN2C(=O)COc3ccc(C=O)cc32)cc(C(C)(C)C)c1. The van der Waals surface area contributed by atoms with Gasteiger partial charge in [0.05, 0.1) is 12.2 Å². The zero-order chi connectivity index (χ0) is 21.2. The smallest absolute Gasteiger partial charge is 0.302 e. The summed E-state index contributed by atoms with van der Waals surface area (Å²) in [6.45, 7) is 8.15. The molecule has 0 bridgehead atoms. The molecule has 6 nitrogen and oxygen atoms in total. The summed E-state index contributed by atoms with van der Waals surface area (Å²) in [4.78, 5) is 36.6. The van der Waals surface area contributed by atoms with Gasteiger partial charge in [-0.25, -0.2) is 0 Å². The molecule has 29 heavy (non-hydrogen) atoms. The molecule has 2 aromatic rings. The van der Waals surface area contributed by atoms with E-state index in [2.05, 4.69) is 26.8 Å². The van der Waals surface area contributed by atoms with Crippen LogP contribution < -0.4 is 9.64 Å². The van der Waals surface area contributed by atoms with E-state index in [1.165, 1.54) is 6.92 Å². The van der Waals surface area contributed by atoms with Crippen molar-refractivity contribution in [1.82, 2.24) is 0 Å². The van der Waals surface area contributed by atoms with Crippen LogP contribution in [0.2, 0.25) is 0 Å². The first-order chi connectivity index (χ1) is 13.7. The molecule has 0 fully saturated rings. The number of carbonyl (C=O) groups is 3. The van der Waals surface area contributed by atoms with E-state index in [1.807, 2.05) is 12.1 Å². The van der Waals surface area contributed by atoms with E-state index in [1.54, 1.807) is 23.1 Å². The number of carbonyl (C=O) groups excluding carboxylic acids is 3. The molecule has 0 atom stereocenters. The van der Waals surface area contributed by atoms with Crippen LogP contribution in [-0.4, -0.2) is 24.8 Å². The van der Waals surface area contributed by atoms with Crippen molar-refractivity contribution in [3.63, 3.8) is 0 Å². The van der Waals surface area contributed by atoms with Gasteiger partial charge in [0.1, 0.15) is 18.6 Å². The van der Waals surface area contributed by atoms with Gasteiger partial charge >= 0.3 is 5.97 Å². The van der Waals surface area contributed by atoms with Crippen LogP contribution in [0.1, 0.15) is 54.7 Å². The zero-order valence-electron chi connectivity index (χ0n) is 17.2. The average Bonchev–Trinajstić information content (AvgIpc) is 2.67. The summed E-state index contributed by atoms with van der Waals surface area (Å²) in [5.74, 6) is 0.0527. The van der Waals surface area contributed by atoms with Gasteiger partial charge in [0, 0.05) is 12.5 Å². The Morgan fingerprint density at radius 2 is 1.90 bits per heavy atom. The molecule has 0 radical (unpaired) electrons. The summed E-state index contributed by atoms with van der Waals surface area (Å²) in [5, 5.41) is 0. The molecule has 0 spiro atoms. The molecule has 0 saturated heterocycles. The highest BCUT2D eigenvalue weighted by Crippen LogP contribution is 2.34. The number of anilines is 1.